The number of aliphatic carboxylic acids is 1. The van der Waals surface area contributed by atoms with E-state index in [1.807, 2.05) is 0 Å². The number of rotatable bonds is 2. The van der Waals surface area contributed by atoms with Crippen LogP contribution in [-0.2, 0) is 9.59 Å². The maximum absolute atomic E-state index is 11.8. The summed E-state index contributed by atoms with van der Waals surface area (Å²) in [7, 11) is 0. The molecule has 1 fully saturated rings. The topological polar surface area (TPSA) is 76.1 Å². The first-order valence-corrected chi connectivity index (χ1v) is 5.58. The Bertz CT molecular complexity index is 527. The molecule has 0 aliphatic carbocycles. The van der Waals surface area contributed by atoms with E-state index >= 15 is 0 Å². The number of hydrogen-bond donors (Lipinski definition) is 1. The van der Waals surface area contributed by atoms with E-state index in [-0.39, 0.29) is 25.7 Å². The van der Waals surface area contributed by atoms with Gasteiger partial charge in [-0.25, -0.2) is 0 Å². The molecule has 0 saturated carbocycles. The molecule has 2 aliphatic heterocycles. The molecule has 1 aromatic rings. The fourth-order valence-electron chi connectivity index (χ4n) is 2.18. The molecule has 1 N–H and O–H groups in total. The summed E-state index contributed by atoms with van der Waals surface area (Å²) in [5.74, 6) is -0.532. The van der Waals surface area contributed by atoms with E-state index in [9.17, 15) is 9.59 Å². The third kappa shape index (κ3) is 1.66. The third-order valence-corrected chi connectivity index (χ3v) is 3.14. The number of carbonyl (C=O) groups excluding carboxylic acids is 1. The highest BCUT2D eigenvalue weighted by Crippen LogP contribution is 2.37. The number of benzene rings is 1. The van der Waals surface area contributed by atoms with E-state index in [4.69, 9.17) is 14.6 Å². The molecule has 2 heterocycles. The molecule has 18 heavy (non-hydrogen) atoms. The maximum atomic E-state index is 11.8. The Balaban J connectivity index is 1.87. The van der Waals surface area contributed by atoms with Crippen molar-refractivity contribution in [1.82, 2.24) is 0 Å². The Morgan fingerprint density at radius 2 is 2.11 bits per heavy atom. The van der Waals surface area contributed by atoms with Gasteiger partial charge in [-0.1, -0.05) is 0 Å². The number of anilines is 1. The van der Waals surface area contributed by atoms with Gasteiger partial charge in [-0.05, 0) is 12.1 Å². The predicted molar refractivity (Wildman–Crippen MR) is 60.7 cm³/mol. The summed E-state index contributed by atoms with van der Waals surface area (Å²) in [6, 6.07) is 5.15. The second-order valence-electron chi connectivity index (χ2n) is 4.28. The molecule has 6 nitrogen and oxygen atoms in total. The van der Waals surface area contributed by atoms with Crippen molar-refractivity contribution in [3.63, 3.8) is 0 Å². The molecule has 0 spiro atoms. The minimum Gasteiger partial charge on any atom is -0.481 e. The lowest BCUT2D eigenvalue weighted by Gasteiger charge is -2.16. The first-order chi connectivity index (χ1) is 8.65. The molecular weight excluding hydrogens is 238 g/mol. The van der Waals surface area contributed by atoms with Gasteiger partial charge < -0.3 is 19.5 Å². The average molecular weight is 249 g/mol. The van der Waals surface area contributed by atoms with Crippen LogP contribution in [0, 0.1) is 5.92 Å². The fraction of sp³-hybridized carbons (Fsp3) is 0.333. The molecule has 1 saturated heterocycles. The molecule has 1 aromatic carbocycles. The number of carbonyl (C=O) groups is 2. The van der Waals surface area contributed by atoms with E-state index in [0.29, 0.717) is 17.2 Å². The van der Waals surface area contributed by atoms with Crippen molar-refractivity contribution in [1.29, 1.82) is 0 Å². The van der Waals surface area contributed by atoms with Crippen molar-refractivity contribution in [3.05, 3.63) is 18.2 Å². The minimum absolute atomic E-state index is 0.0454. The summed E-state index contributed by atoms with van der Waals surface area (Å²) in [6.45, 7) is 0.373. The zero-order chi connectivity index (χ0) is 12.7. The number of carboxylic acid groups (broad SMARTS) is 1. The lowest BCUT2D eigenvalue weighted by Crippen LogP contribution is -2.25. The Morgan fingerprint density at radius 1 is 1.33 bits per heavy atom. The molecular formula is C12H11NO5. The van der Waals surface area contributed by atoms with Crippen molar-refractivity contribution < 1.29 is 24.2 Å². The number of amides is 1. The molecule has 0 bridgehead atoms. The minimum atomic E-state index is -0.938. The Labute approximate surface area is 103 Å². The van der Waals surface area contributed by atoms with Gasteiger partial charge in [0, 0.05) is 24.7 Å². The van der Waals surface area contributed by atoms with Crippen LogP contribution in [0.15, 0.2) is 18.2 Å². The van der Waals surface area contributed by atoms with Crippen LogP contribution in [0.3, 0.4) is 0 Å². The second-order valence-corrected chi connectivity index (χ2v) is 4.28. The Morgan fingerprint density at radius 3 is 2.83 bits per heavy atom. The summed E-state index contributed by atoms with van der Waals surface area (Å²) in [4.78, 5) is 24.1. The van der Waals surface area contributed by atoms with Crippen molar-refractivity contribution >= 4 is 17.6 Å². The number of carboxylic acids is 1. The summed E-state index contributed by atoms with van der Waals surface area (Å²) in [6.07, 6.45) is 0.0454. The van der Waals surface area contributed by atoms with Gasteiger partial charge in [0.25, 0.3) is 0 Å². The average Bonchev–Trinajstić information content (AvgIpc) is 2.93. The first kappa shape index (κ1) is 10.9. The van der Waals surface area contributed by atoms with E-state index in [1.54, 1.807) is 18.2 Å². The quantitative estimate of drug-likeness (QED) is 0.841. The molecule has 0 aromatic heterocycles. The number of hydrogen-bond acceptors (Lipinski definition) is 4. The van der Waals surface area contributed by atoms with Gasteiger partial charge in [0.15, 0.2) is 11.5 Å². The summed E-state index contributed by atoms with van der Waals surface area (Å²) < 4.78 is 10.4. The van der Waals surface area contributed by atoms with Crippen LogP contribution in [0.2, 0.25) is 0 Å². The lowest BCUT2D eigenvalue weighted by molar-refractivity contribution is -0.141. The van der Waals surface area contributed by atoms with Gasteiger partial charge >= 0.3 is 5.97 Å². The summed E-state index contributed by atoms with van der Waals surface area (Å²) in [5, 5.41) is 8.93. The lowest BCUT2D eigenvalue weighted by atomic mass is 10.1. The largest absolute Gasteiger partial charge is 0.481 e. The molecule has 3 rings (SSSR count). The van der Waals surface area contributed by atoms with E-state index in [0.717, 1.165) is 0 Å². The van der Waals surface area contributed by atoms with Gasteiger partial charge in [0.05, 0.1) is 5.92 Å². The van der Waals surface area contributed by atoms with Crippen molar-refractivity contribution in [2.45, 2.75) is 6.42 Å². The first-order valence-electron chi connectivity index (χ1n) is 5.58. The smallest absolute Gasteiger partial charge is 0.308 e. The van der Waals surface area contributed by atoms with Crippen LogP contribution in [0.5, 0.6) is 11.5 Å². The normalized spacial score (nSPS) is 21.4. The molecule has 2 aliphatic rings. The monoisotopic (exact) mass is 249 g/mol. The molecule has 94 valence electrons. The van der Waals surface area contributed by atoms with E-state index in [1.165, 1.54) is 4.90 Å². The van der Waals surface area contributed by atoms with E-state index < -0.39 is 11.9 Å². The van der Waals surface area contributed by atoms with Crippen LogP contribution in [0.4, 0.5) is 5.69 Å². The highest BCUT2D eigenvalue weighted by atomic mass is 16.7. The molecule has 1 amide bonds. The van der Waals surface area contributed by atoms with Crippen LogP contribution in [0.25, 0.3) is 0 Å². The highest BCUT2D eigenvalue weighted by molar-refractivity contribution is 5.99. The highest BCUT2D eigenvalue weighted by Gasteiger charge is 2.35. The van der Waals surface area contributed by atoms with Gasteiger partial charge in [-0.2, -0.15) is 0 Å². The van der Waals surface area contributed by atoms with Gasteiger partial charge in [-0.15, -0.1) is 0 Å². The van der Waals surface area contributed by atoms with Crippen LogP contribution < -0.4 is 14.4 Å². The second kappa shape index (κ2) is 3.90. The maximum Gasteiger partial charge on any atom is 0.308 e. The molecule has 1 unspecified atom stereocenters. The number of ether oxygens (including phenoxy) is 2. The summed E-state index contributed by atoms with van der Waals surface area (Å²) in [5.41, 5.74) is 0.646. The molecule has 0 radical (unpaired) electrons. The van der Waals surface area contributed by atoms with Crippen LogP contribution in [-0.4, -0.2) is 30.3 Å². The zero-order valence-corrected chi connectivity index (χ0v) is 9.46. The molecule has 1 atom stereocenters. The van der Waals surface area contributed by atoms with Crippen molar-refractivity contribution in [3.8, 4) is 11.5 Å². The van der Waals surface area contributed by atoms with Gasteiger partial charge in [0.1, 0.15) is 0 Å². The summed E-state index contributed by atoms with van der Waals surface area (Å²) >= 11 is 0. The third-order valence-electron chi connectivity index (χ3n) is 3.14. The Hall–Kier alpha value is -2.24. The standard InChI is InChI=1S/C12H11NO5/c14-11-3-7(12(15)16)5-13(11)8-1-2-9-10(4-8)18-6-17-9/h1-2,4,7H,3,5-6H2,(H,15,16). The number of fused-ring (bicyclic) bond motifs is 1. The predicted octanol–water partition coefficient (Wildman–Crippen LogP) is 0.853. The van der Waals surface area contributed by atoms with Gasteiger partial charge in [0.2, 0.25) is 12.7 Å². The van der Waals surface area contributed by atoms with Crippen molar-refractivity contribution in [2.75, 3.05) is 18.2 Å². The molecule has 6 heteroatoms. The van der Waals surface area contributed by atoms with Gasteiger partial charge in [-0.3, -0.25) is 9.59 Å². The fourth-order valence-corrected chi connectivity index (χ4v) is 2.18. The van der Waals surface area contributed by atoms with Crippen LogP contribution in [0.1, 0.15) is 6.42 Å². The van der Waals surface area contributed by atoms with Crippen molar-refractivity contribution in [2.24, 2.45) is 5.92 Å². The SMILES string of the molecule is O=C(O)C1CC(=O)N(c2ccc3c(c2)OCO3)C1. The Kier molecular flexibility index (Phi) is 2.36. The van der Waals surface area contributed by atoms with Crippen LogP contribution >= 0.6 is 0 Å². The van der Waals surface area contributed by atoms with E-state index in [2.05, 4.69) is 0 Å². The number of nitrogens with zero attached hydrogens (tertiary/aromatic N) is 1. The zero-order valence-electron chi connectivity index (χ0n) is 9.46.